The highest BCUT2D eigenvalue weighted by Crippen LogP contribution is 2.29. The molecular weight excluding hydrogens is 314 g/mol. The van der Waals surface area contributed by atoms with Crippen molar-refractivity contribution >= 4 is 33.4 Å². The predicted octanol–water partition coefficient (Wildman–Crippen LogP) is 3.17. The van der Waals surface area contributed by atoms with Crippen LogP contribution in [0.25, 0.3) is 0 Å². The molecule has 1 atom stereocenters. The molecule has 1 heterocycles. The van der Waals surface area contributed by atoms with Gasteiger partial charge < -0.3 is 0 Å². The maximum Gasteiger partial charge on any atom is 0.243 e. The third-order valence-corrected chi connectivity index (χ3v) is 7.40. The number of sulfonamides is 1. The van der Waals surface area contributed by atoms with Crippen molar-refractivity contribution in [2.24, 2.45) is 0 Å². The smallest absolute Gasteiger partial charge is 0.207 e. The molecule has 0 spiro atoms. The second kappa shape index (κ2) is 6.26. The van der Waals surface area contributed by atoms with Crippen LogP contribution in [0.2, 0.25) is 0 Å². The molecule has 0 aromatic heterocycles. The lowest BCUT2D eigenvalue weighted by Gasteiger charge is -2.24. The van der Waals surface area contributed by atoms with Crippen LogP contribution in [-0.4, -0.2) is 37.3 Å². The Morgan fingerprint density at radius 1 is 1.40 bits per heavy atom. The minimum atomic E-state index is -3.45. The Hall–Kier alpha value is -0.230. The lowest BCUT2D eigenvalue weighted by Crippen LogP contribution is -2.37. The SMILES string of the molecule is Cc1cc(CCl)cc(S(=O)(=O)N(C)C2CCSC2)c1C. The molecule has 1 unspecified atom stereocenters. The highest BCUT2D eigenvalue weighted by Gasteiger charge is 2.31. The van der Waals surface area contributed by atoms with Crippen LogP contribution in [0.15, 0.2) is 17.0 Å². The van der Waals surface area contributed by atoms with Crippen molar-refractivity contribution in [3.8, 4) is 0 Å². The molecule has 1 aliphatic heterocycles. The fourth-order valence-electron chi connectivity index (χ4n) is 2.40. The Labute approximate surface area is 130 Å². The largest absolute Gasteiger partial charge is 0.243 e. The zero-order valence-electron chi connectivity index (χ0n) is 12.0. The van der Waals surface area contributed by atoms with E-state index in [-0.39, 0.29) is 6.04 Å². The molecule has 0 amide bonds. The van der Waals surface area contributed by atoms with Gasteiger partial charge in [-0.1, -0.05) is 6.07 Å². The molecule has 0 N–H and O–H groups in total. The van der Waals surface area contributed by atoms with Crippen molar-refractivity contribution in [3.63, 3.8) is 0 Å². The van der Waals surface area contributed by atoms with E-state index in [1.54, 1.807) is 13.1 Å². The Bertz CT molecular complexity index is 595. The summed E-state index contributed by atoms with van der Waals surface area (Å²) < 4.78 is 27.2. The fraction of sp³-hybridized carbons (Fsp3) is 0.571. The van der Waals surface area contributed by atoms with Gasteiger partial charge in [0.05, 0.1) is 4.90 Å². The number of hydrogen-bond acceptors (Lipinski definition) is 3. The van der Waals surface area contributed by atoms with E-state index in [9.17, 15) is 8.42 Å². The lowest BCUT2D eigenvalue weighted by molar-refractivity contribution is 0.394. The van der Waals surface area contributed by atoms with Crippen molar-refractivity contribution in [2.45, 2.75) is 37.1 Å². The third kappa shape index (κ3) is 3.01. The molecule has 1 aliphatic rings. The van der Waals surface area contributed by atoms with Gasteiger partial charge in [0.25, 0.3) is 0 Å². The molecule has 3 nitrogen and oxygen atoms in total. The monoisotopic (exact) mass is 333 g/mol. The Balaban J connectivity index is 2.45. The summed E-state index contributed by atoms with van der Waals surface area (Å²) in [5.74, 6) is 2.24. The van der Waals surface area contributed by atoms with Crippen LogP contribution in [0.1, 0.15) is 23.1 Å². The maximum absolute atomic E-state index is 12.8. The second-order valence-corrected chi connectivity index (χ2v) is 8.59. The van der Waals surface area contributed by atoms with E-state index in [4.69, 9.17) is 11.6 Å². The molecule has 6 heteroatoms. The van der Waals surface area contributed by atoms with Crippen LogP contribution < -0.4 is 0 Å². The minimum absolute atomic E-state index is 0.101. The molecule has 1 saturated heterocycles. The second-order valence-electron chi connectivity index (χ2n) is 5.21. The first-order valence-corrected chi connectivity index (χ1v) is 9.72. The molecular formula is C14H20ClNO2S2. The third-order valence-electron chi connectivity index (χ3n) is 3.91. The van der Waals surface area contributed by atoms with E-state index in [1.165, 1.54) is 4.31 Å². The molecule has 0 saturated carbocycles. The zero-order valence-corrected chi connectivity index (χ0v) is 14.4. The van der Waals surface area contributed by atoms with Crippen LogP contribution in [0.5, 0.6) is 0 Å². The van der Waals surface area contributed by atoms with E-state index in [2.05, 4.69) is 0 Å². The number of rotatable bonds is 4. The molecule has 1 aromatic carbocycles. The van der Waals surface area contributed by atoms with Crippen molar-refractivity contribution < 1.29 is 8.42 Å². The molecule has 0 aliphatic carbocycles. The van der Waals surface area contributed by atoms with Gasteiger partial charge >= 0.3 is 0 Å². The normalized spacial score (nSPS) is 19.8. The Kier molecular flexibility index (Phi) is 5.05. The molecule has 2 rings (SSSR count). The molecule has 20 heavy (non-hydrogen) atoms. The summed E-state index contributed by atoms with van der Waals surface area (Å²) in [6.45, 7) is 3.79. The maximum atomic E-state index is 12.8. The first-order valence-electron chi connectivity index (χ1n) is 6.59. The number of alkyl halides is 1. The number of halogens is 1. The zero-order chi connectivity index (χ0) is 14.9. The van der Waals surface area contributed by atoms with Crippen LogP contribution in [0, 0.1) is 13.8 Å². The summed E-state index contributed by atoms with van der Waals surface area (Å²) in [6, 6.07) is 3.76. The van der Waals surface area contributed by atoms with Gasteiger partial charge in [0.2, 0.25) is 10.0 Å². The van der Waals surface area contributed by atoms with Crippen molar-refractivity contribution in [3.05, 3.63) is 28.8 Å². The van der Waals surface area contributed by atoms with E-state index in [0.29, 0.717) is 10.8 Å². The predicted molar refractivity (Wildman–Crippen MR) is 86.2 cm³/mol. The van der Waals surface area contributed by atoms with E-state index in [0.717, 1.165) is 34.6 Å². The van der Waals surface area contributed by atoms with Crippen LogP contribution in [-0.2, 0) is 15.9 Å². The van der Waals surface area contributed by atoms with Crippen molar-refractivity contribution in [2.75, 3.05) is 18.6 Å². The molecule has 0 radical (unpaired) electrons. The van der Waals surface area contributed by atoms with Gasteiger partial charge in [0.1, 0.15) is 0 Å². The standard InChI is InChI=1S/C14H20ClNO2S2/c1-10-6-12(8-15)7-14(11(10)2)20(17,18)16(3)13-4-5-19-9-13/h6-7,13H,4-5,8-9H2,1-3H3. The van der Waals surface area contributed by atoms with E-state index < -0.39 is 10.0 Å². The van der Waals surface area contributed by atoms with E-state index >= 15 is 0 Å². The quantitative estimate of drug-likeness (QED) is 0.794. The minimum Gasteiger partial charge on any atom is -0.207 e. The lowest BCUT2D eigenvalue weighted by atomic mass is 10.1. The van der Waals surface area contributed by atoms with Gasteiger partial charge in [-0.15, -0.1) is 11.6 Å². The fourth-order valence-corrected chi connectivity index (χ4v) is 5.65. The summed E-state index contributed by atoms with van der Waals surface area (Å²) in [6.07, 6.45) is 0.924. The van der Waals surface area contributed by atoms with Gasteiger partial charge in [-0.05, 0) is 48.8 Å². The summed E-state index contributed by atoms with van der Waals surface area (Å²) in [7, 11) is -1.76. The number of nitrogens with zero attached hydrogens (tertiary/aromatic N) is 1. The Morgan fingerprint density at radius 2 is 2.10 bits per heavy atom. The highest BCUT2D eigenvalue weighted by molar-refractivity contribution is 7.99. The number of hydrogen-bond donors (Lipinski definition) is 0. The summed E-state index contributed by atoms with van der Waals surface area (Å²) >= 11 is 7.68. The number of benzene rings is 1. The Morgan fingerprint density at radius 3 is 2.65 bits per heavy atom. The van der Waals surface area contributed by atoms with E-state index in [1.807, 2.05) is 31.7 Å². The highest BCUT2D eigenvalue weighted by atomic mass is 35.5. The van der Waals surface area contributed by atoms with Gasteiger partial charge in [0.15, 0.2) is 0 Å². The van der Waals surface area contributed by atoms with Crippen molar-refractivity contribution in [1.82, 2.24) is 4.31 Å². The topological polar surface area (TPSA) is 37.4 Å². The van der Waals surface area contributed by atoms with Gasteiger partial charge in [-0.3, -0.25) is 0 Å². The van der Waals surface area contributed by atoms with Gasteiger partial charge in [0, 0.05) is 24.7 Å². The van der Waals surface area contributed by atoms with Crippen molar-refractivity contribution in [1.29, 1.82) is 0 Å². The average Bonchev–Trinajstić information content (AvgIpc) is 2.94. The average molecular weight is 334 g/mol. The van der Waals surface area contributed by atoms with Gasteiger partial charge in [-0.2, -0.15) is 16.1 Å². The van der Waals surface area contributed by atoms with Crippen LogP contribution in [0.4, 0.5) is 0 Å². The number of aryl methyl sites for hydroxylation is 1. The first-order chi connectivity index (χ1) is 9.37. The van der Waals surface area contributed by atoms with Gasteiger partial charge in [-0.25, -0.2) is 8.42 Å². The van der Waals surface area contributed by atoms with Crippen LogP contribution >= 0.6 is 23.4 Å². The molecule has 112 valence electrons. The molecule has 1 aromatic rings. The number of thioether (sulfide) groups is 1. The molecule has 0 bridgehead atoms. The molecule has 1 fully saturated rings. The summed E-state index contributed by atoms with van der Waals surface area (Å²) in [5.41, 5.74) is 2.63. The van der Waals surface area contributed by atoms with Crippen LogP contribution in [0.3, 0.4) is 0 Å². The summed E-state index contributed by atoms with van der Waals surface area (Å²) in [4.78, 5) is 0.396. The first kappa shape index (κ1) is 16.1. The summed E-state index contributed by atoms with van der Waals surface area (Å²) in [5, 5.41) is 0.